The van der Waals surface area contributed by atoms with E-state index in [-0.39, 0.29) is 17.7 Å². The molecule has 1 aliphatic heterocycles. The molecule has 29 heavy (non-hydrogen) atoms. The highest BCUT2D eigenvalue weighted by Crippen LogP contribution is 2.16. The Labute approximate surface area is 176 Å². The summed E-state index contributed by atoms with van der Waals surface area (Å²) in [6.45, 7) is 6.47. The van der Waals surface area contributed by atoms with Gasteiger partial charge in [0, 0.05) is 49.2 Å². The van der Waals surface area contributed by atoms with Crippen molar-refractivity contribution in [3.63, 3.8) is 0 Å². The van der Waals surface area contributed by atoms with E-state index in [4.69, 9.17) is 11.6 Å². The van der Waals surface area contributed by atoms with E-state index in [1.165, 1.54) is 0 Å². The second-order valence-corrected chi connectivity index (χ2v) is 7.64. The standard InChI is InChI=1S/C21H26ClN5O2/c1-3-15(2)18(25-19(28)16-5-7-17(22)8-6-16)20(29)26-11-13-27(14-12-26)21-23-9-4-10-24-21/h4-10,15,18H,3,11-14H2,1-2H3,(H,25,28)/t15-,18-/m0/s1. The van der Waals surface area contributed by atoms with Crippen molar-refractivity contribution in [3.8, 4) is 0 Å². The first-order valence-electron chi connectivity index (χ1n) is 9.86. The zero-order chi connectivity index (χ0) is 20.8. The fraction of sp³-hybridized carbons (Fsp3) is 0.429. The maximum absolute atomic E-state index is 13.2. The van der Waals surface area contributed by atoms with Crippen molar-refractivity contribution in [3.05, 3.63) is 53.3 Å². The van der Waals surface area contributed by atoms with Crippen LogP contribution < -0.4 is 10.2 Å². The topological polar surface area (TPSA) is 78.4 Å². The van der Waals surface area contributed by atoms with E-state index in [0.29, 0.717) is 42.7 Å². The molecular formula is C21H26ClN5O2. The first-order valence-corrected chi connectivity index (χ1v) is 10.2. The highest BCUT2D eigenvalue weighted by Gasteiger charge is 2.32. The van der Waals surface area contributed by atoms with Crippen molar-refractivity contribution >= 4 is 29.4 Å². The maximum atomic E-state index is 13.2. The molecule has 1 saturated heterocycles. The van der Waals surface area contributed by atoms with Crippen molar-refractivity contribution in [1.29, 1.82) is 0 Å². The van der Waals surface area contributed by atoms with Gasteiger partial charge in [-0.15, -0.1) is 0 Å². The van der Waals surface area contributed by atoms with Crippen molar-refractivity contribution in [2.24, 2.45) is 5.92 Å². The van der Waals surface area contributed by atoms with E-state index in [1.807, 2.05) is 18.7 Å². The predicted octanol–water partition coefficient (Wildman–Crippen LogP) is 2.62. The number of amides is 2. The molecular weight excluding hydrogens is 390 g/mol. The zero-order valence-electron chi connectivity index (χ0n) is 16.7. The normalized spacial score (nSPS) is 16.2. The van der Waals surface area contributed by atoms with Gasteiger partial charge < -0.3 is 15.1 Å². The molecule has 2 atom stereocenters. The molecule has 8 heteroatoms. The van der Waals surface area contributed by atoms with E-state index in [2.05, 4.69) is 20.2 Å². The highest BCUT2D eigenvalue weighted by atomic mass is 35.5. The Balaban J connectivity index is 1.65. The van der Waals surface area contributed by atoms with Gasteiger partial charge >= 0.3 is 0 Å². The van der Waals surface area contributed by atoms with Crippen molar-refractivity contribution in [1.82, 2.24) is 20.2 Å². The molecule has 0 spiro atoms. The summed E-state index contributed by atoms with van der Waals surface area (Å²) >= 11 is 5.90. The Kier molecular flexibility index (Phi) is 7.04. The minimum absolute atomic E-state index is 0.0224. The monoisotopic (exact) mass is 415 g/mol. The summed E-state index contributed by atoms with van der Waals surface area (Å²) in [5.41, 5.74) is 0.488. The molecule has 3 rings (SSSR count). The number of nitrogens with zero attached hydrogens (tertiary/aromatic N) is 4. The summed E-state index contributed by atoms with van der Waals surface area (Å²) in [4.78, 5) is 38.3. The number of carbonyl (C=O) groups is 2. The smallest absolute Gasteiger partial charge is 0.251 e. The Morgan fingerprint density at radius 2 is 1.72 bits per heavy atom. The average molecular weight is 416 g/mol. The number of nitrogens with one attached hydrogen (secondary N) is 1. The lowest BCUT2D eigenvalue weighted by Gasteiger charge is -2.37. The molecule has 1 aromatic carbocycles. The largest absolute Gasteiger partial charge is 0.340 e. The van der Waals surface area contributed by atoms with Crippen LogP contribution in [0.1, 0.15) is 30.6 Å². The lowest BCUT2D eigenvalue weighted by atomic mass is 9.97. The number of carbonyl (C=O) groups excluding carboxylic acids is 2. The molecule has 1 aliphatic rings. The second kappa shape index (κ2) is 9.69. The van der Waals surface area contributed by atoms with Gasteiger partial charge in [0.1, 0.15) is 6.04 Å². The third-order valence-corrected chi connectivity index (χ3v) is 5.55. The summed E-state index contributed by atoms with van der Waals surface area (Å²) in [6.07, 6.45) is 4.21. The van der Waals surface area contributed by atoms with Gasteiger partial charge in [0.25, 0.3) is 5.91 Å². The molecule has 0 unspecified atom stereocenters. The van der Waals surface area contributed by atoms with Gasteiger partial charge in [0.15, 0.2) is 0 Å². The Morgan fingerprint density at radius 3 is 2.31 bits per heavy atom. The van der Waals surface area contributed by atoms with Gasteiger partial charge in [-0.3, -0.25) is 9.59 Å². The van der Waals surface area contributed by atoms with Crippen molar-refractivity contribution < 1.29 is 9.59 Å². The Hall–Kier alpha value is -2.67. The fourth-order valence-electron chi connectivity index (χ4n) is 3.29. The molecule has 2 amide bonds. The third kappa shape index (κ3) is 5.23. The molecule has 1 aromatic heterocycles. The molecule has 0 aliphatic carbocycles. The SMILES string of the molecule is CC[C@H](C)[C@H](NC(=O)c1ccc(Cl)cc1)C(=O)N1CCN(c2ncccn2)CC1. The van der Waals surface area contributed by atoms with Gasteiger partial charge in [-0.1, -0.05) is 31.9 Å². The number of aromatic nitrogens is 2. The van der Waals surface area contributed by atoms with Crippen LogP contribution in [0, 0.1) is 5.92 Å². The lowest BCUT2D eigenvalue weighted by molar-refractivity contribution is -0.134. The number of halogens is 1. The Morgan fingerprint density at radius 1 is 1.10 bits per heavy atom. The maximum Gasteiger partial charge on any atom is 0.251 e. The lowest BCUT2D eigenvalue weighted by Crippen LogP contribution is -2.57. The molecule has 7 nitrogen and oxygen atoms in total. The van der Waals surface area contributed by atoms with Gasteiger partial charge in [-0.2, -0.15) is 0 Å². The number of piperazine rings is 1. The predicted molar refractivity (Wildman–Crippen MR) is 113 cm³/mol. The van der Waals surface area contributed by atoms with Crippen LogP contribution in [0.2, 0.25) is 5.02 Å². The van der Waals surface area contributed by atoms with E-state index in [1.54, 1.807) is 42.7 Å². The number of hydrogen-bond donors (Lipinski definition) is 1. The molecule has 154 valence electrons. The number of benzene rings is 1. The minimum Gasteiger partial charge on any atom is -0.340 e. The van der Waals surface area contributed by atoms with E-state index in [9.17, 15) is 9.59 Å². The summed E-state index contributed by atoms with van der Waals surface area (Å²) < 4.78 is 0. The molecule has 0 radical (unpaired) electrons. The van der Waals surface area contributed by atoms with Crippen LogP contribution >= 0.6 is 11.6 Å². The molecule has 0 bridgehead atoms. The van der Waals surface area contributed by atoms with E-state index >= 15 is 0 Å². The minimum atomic E-state index is -0.567. The van der Waals surface area contributed by atoms with Crippen LogP contribution in [0.3, 0.4) is 0 Å². The first kappa shape index (κ1) is 21.0. The van der Waals surface area contributed by atoms with Gasteiger partial charge in [0.2, 0.25) is 11.9 Å². The summed E-state index contributed by atoms with van der Waals surface area (Å²) in [7, 11) is 0. The van der Waals surface area contributed by atoms with Crippen LogP contribution in [0.4, 0.5) is 5.95 Å². The molecule has 1 fully saturated rings. The Bertz CT molecular complexity index is 823. The second-order valence-electron chi connectivity index (χ2n) is 7.20. The number of hydrogen-bond acceptors (Lipinski definition) is 5. The molecule has 2 heterocycles. The van der Waals surface area contributed by atoms with Gasteiger partial charge in [0.05, 0.1) is 0 Å². The van der Waals surface area contributed by atoms with Crippen LogP contribution in [0.5, 0.6) is 0 Å². The van der Waals surface area contributed by atoms with E-state index < -0.39 is 6.04 Å². The molecule has 2 aromatic rings. The summed E-state index contributed by atoms with van der Waals surface area (Å²) in [5.74, 6) is 0.385. The molecule has 1 N–H and O–H groups in total. The highest BCUT2D eigenvalue weighted by molar-refractivity contribution is 6.30. The van der Waals surface area contributed by atoms with Crippen LogP contribution in [-0.2, 0) is 4.79 Å². The number of rotatable bonds is 6. The van der Waals surface area contributed by atoms with Crippen LogP contribution in [0.15, 0.2) is 42.7 Å². The average Bonchev–Trinajstić information content (AvgIpc) is 2.77. The van der Waals surface area contributed by atoms with Gasteiger partial charge in [-0.25, -0.2) is 9.97 Å². The number of anilines is 1. The molecule has 0 saturated carbocycles. The zero-order valence-corrected chi connectivity index (χ0v) is 17.5. The van der Waals surface area contributed by atoms with Crippen molar-refractivity contribution in [2.45, 2.75) is 26.3 Å². The summed E-state index contributed by atoms with van der Waals surface area (Å²) in [5, 5.41) is 3.50. The third-order valence-electron chi connectivity index (χ3n) is 5.30. The van der Waals surface area contributed by atoms with Gasteiger partial charge in [-0.05, 0) is 36.2 Å². The van der Waals surface area contributed by atoms with Crippen molar-refractivity contribution in [2.75, 3.05) is 31.1 Å². The quantitative estimate of drug-likeness (QED) is 0.784. The van der Waals surface area contributed by atoms with E-state index in [0.717, 1.165) is 6.42 Å². The van der Waals surface area contributed by atoms with Crippen LogP contribution in [0.25, 0.3) is 0 Å². The van der Waals surface area contributed by atoms with Crippen LogP contribution in [-0.4, -0.2) is 58.9 Å². The first-order chi connectivity index (χ1) is 14.0. The fourth-order valence-corrected chi connectivity index (χ4v) is 3.41. The summed E-state index contributed by atoms with van der Waals surface area (Å²) in [6, 6.07) is 7.87.